The smallest absolute Gasteiger partial charge is 0.186 e. The van der Waals surface area contributed by atoms with Crippen molar-refractivity contribution in [2.45, 2.75) is 44.1 Å². The van der Waals surface area contributed by atoms with Crippen LogP contribution in [0.2, 0.25) is 0 Å². The summed E-state index contributed by atoms with van der Waals surface area (Å²) >= 11 is 0. The molecule has 1 heterocycles. The van der Waals surface area contributed by atoms with Gasteiger partial charge in [0.25, 0.3) is 0 Å². The molecule has 0 saturated carbocycles. The van der Waals surface area contributed by atoms with Crippen molar-refractivity contribution in [2.75, 3.05) is 28.4 Å². The van der Waals surface area contributed by atoms with E-state index in [0.29, 0.717) is 0 Å². The molecule has 5 nitrogen and oxygen atoms in total. The molecule has 16 heavy (non-hydrogen) atoms. The van der Waals surface area contributed by atoms with Crippen molar-refractivity contribution < 1.29 is 23.7 Å². The molecule has 1 fully saturated rings. The molecule has 0 amide bonds. The summed E-state index contributed by atoms with van der Waals surface area (Å²) in [4.78, 5) is 0. The van der Waals surface area contributed by atoms with E-state index in [-0.39, 0.29) is 24.4 Å². The summed E-state index contributed by atoms with van der Waals surface area (Å²) < 4.78 is 27.3. The van der Waals surface area contributed by atoms with Crippen molar-refractivity contribution in [3.05, 3.63) is 0 Å². The minimum absolute atomic E-state index is 0.0358. The van der Waals surface area contributed by atoms with Gasteiger partial charge in [-0.3, -0.25) is 0 Å². The first kappa shape index (κ1) is 13.9. The van der Waals surface area contributed by atoms with Gasteiger partial charge in [-0.1, -0.05) is 6.92 Å². The molecule has 0 aromatic carbocycles. The zero-order chi connectivity index (χ0) is 12.1. The van der Waals surface area contributed by atoms with E-state index in [1.54, 1.807) is 28.4 Å². The Morgan fingerprint density at radius 3 is 1.75 bits per heavy atom. The van der Waals surface area contributed by atoms with Crippen LogP contribution in [0.3, 0.4) is 0 Å². The van der Waals surface area contributed by atoms with Gasteiger partial charge in [0.05, 0.1) is 6.10 Å². The molecular weight excluding hydrogens is 212 g/mol. The van der Waals surface area contributed by atoms with Gasteiger partial charge in [0.15, 0.2) is 6.29 Å². The fourth-order valence-corrected chi connectivity index (χ4v) is 2.20. The molecule has 0 aromatic rings. The van der Waals surface area contributed by atoms with Crippen LogP contribution in [-0.2, 0) is 23.7 Å². The Kier molecular flexibility index (Phi) is 5.64. The van der Waals surface area contributed by atoms with E-state index in [0.717, 1.165) is 6.42 Å². The normalized spacial score (nSPS) is 39.9. The van der Waals surface area contributed by atoms with Gasteiger partial charge in [0.1, 0.15) is 18.3 Å². The summed E-state index contributed by atoms with van der Waals surface area (Å²) in [6.07, 6.45) is -0.195. The maximum absolute atomic E-state index is 5.77. The van der Waals surface area contributed by atoms with Crippen LogP contribution in [0.1, 0.15) is 13.3 Å². The third-order valence-corrected chi connectivity index (χ3v) is 3.04. The maximum Gasteiger partial charge on any atom is 0.186 e. The van der Waals surface area contributed by atoms with Crippen molar-refractivity contribution in [3.63, 3.8) is 0 Å². The topological polar surface area (TPSA) is 46.2 Å². The van der Waals surface area contributed by atoms with Crippen LogP contribution in [0, 0.1) is 0 Å². The summed E-state index contributed by atoms with van der Waals surface area (Å²) in [6, 6.07) is 0. The van der Waals surface area contributed by atoms with Crippen LogP contribution >= 0.6 is 0 Å². The molecule has 0 spiro atoms. The van der Waals surface area contributed by atoms with Gasteiger partial charge in [-0.2, -0.15) is 0 Å². The first-order valence-corrected chi connectivity index (χ1v) is 5.50. The number of rotatable bonds is 5. The lowest BCUT2D eigenvalue weighted by atomic mass is 9.96. The van der Waals surface area contributed by atoms with Gasteiger partial charge in [-0.15, -0.1) is 0 Å². The largest absolute Gasteiger partial charge is 0.376 e. The molecule has 1 aliphatic rings. The monoisotopic (exact) mass is 234 g/mol. The molecule has 1 aliphatic heterocycles. The van der Waals surface area contributed by atoms with Crippen LogP contribution in [0.5, 0.6) is 0 Å². The first-order valence-electron chi connectivity index (χ1n) is 5.50. The van der Waals surface area contributed by atoms with Gasteiger partial charge in [-0.05, 0) is 6.42 Å². The van der Waals surface area contributed by atoms with Crippen LogP contribution in [0.4, 0.5) is 0 Å². The van der Waals surface area contributed by atoms with Crippen molar-refractivity contribution in [1.82, 2.24) is 0 Å². The van der Waals surface area contributed by atoms with Crippen molar-refractivity contribution in [1.29, 1.82) is 0 Å². The van der Waals surface area contributed by atoms with E-state index in [1.165, 1.54) is 0 Å². The summed E-state index contributed by atoms with van der Waals surface area (Å²) in [7, 11) is 6.52. The molecule has 0 aliphatic carbocycles. The minimum Gasteiger partial charge on any atom is -0.376 e. The highest BCUT2D eigenvalue weighted by molar-refractivity contribution is 4.91. The van der Waals surface area contributed by atoms with Crippen LogP contribution in [0.15, 0.2) is 0 Å². The van der Waals surface area contributed by atoms with E-state index >= 15 is 0 Å². The van der Waals surface area contributed by atoms with Gasteiger partial charge in [0.2, 0.25) is 0 Å². The third-order valence-electron chi connectivity index (χ3n) is 3.04. The Morgan fingerprint density at radius 2 is 1.38 bits per heavy atom. The number of hydrogen-bond acceptors (Lipinski definition) is 5. The van der Waals surface area contributed by atoms with Crippen molar-refractivity contribution in [3.8, 4) is 0 Å². The number of methoxy groups -OCH3 is 4. The summed E-state index contributed by atoms with van der Waals surface area (Å²) in [5, 5.41) is 0. The van der Waals surface area contributed by atoms with Gasteiger partial charge < -0.3 is 23.7 Å². The molecule has 5 heteroatoms. The Labute approximate surface area is 97.0 Å². The lowest BCUT2D eigenvalue weighted by Gasteiger charge is -2.44. The Hall–Kier alpha value is -0.200. The van der Waals surface area contributed by atoms with Gasteiger partial charge in [0, 0.05) is 28.4 Å². The van der Waals surface area contributed by atoms with Crippen molar-refractivity contribution in [2.24, 2.45) is 0 Å². The van der Waals surface area contributed by atoms with Crippen LogP contribution in [0.25, 0.3) is 0 Å². The van der Waals surface area contributed by atoms with Crippen LogP contribution < -0.4 is 0 Å². The average molecular weight is 234 g/mol. The number of ether oxygens (including phenoxy) is 5. The SMILES string of the molecule is CCC1O[C@H](OC)C(OC)[C@@H](OC)[C@H]1OC. The molecule has 96 valence electrons. The maximum atomic E-state index is 5.77. The minimum atomic E-state index is -0.411. The third kappa shape index (κ3) is 2.55. The molecule has 1 rings (SSSR count). The molecule has 0 bridgehead atoms. The average Bonchev–Trinajstić information content (AvgIpc) is 2.35. The Morgan fingerprint density at radius 1 is 0.812 bits per heavy atom. The summed E-state index contributed by atoms with van der Waals surface area (Å²) in [5.41, 5.74) is 0. The second-order valence-electron chi connectivity index (χ2n) is 3.79. The predicted molar refractivity (Wildman–Crippen MR) is 58.4 cm³/mol. The number of hydrogen-bond donors (Lipinski definition) is 0. The molecule has 0 N–H and O–H groups in total. The predicted octanol–water partition coefficient (Wildman–Crippen LogP) is 0.813. The fraction of sp³-hybridized carbons (Fsp3) is 1.00. The highest BCUT2D eigenvalue weighted by atomic mass is 16.7. The quantitative estimate of drug-likeness (QED) is 0.704. The highest BCUT2D eigenvalue weighted by Crippen LogP contribution is 2.28. The zero-order valence-corrected chi connectivity index (χ0v) is 10.6. The molecule has 0 aromatic heterocycles. The van der Waals surface area contributed by atoms with Crippen LogP contribution in [-0.4, -0.2) is 59.1 Å². The zero-order valence-electron chi connectivity index (χ0n) is 10.6. The van der Waals surface area contributed by atoms with E-state index in [2.05, 4.69) is 0 Å². The highest BCUT2D eigenvalue weighted by Gasteiger charge is 2.46. The fourth-order valence-electron chi connectivity index (χ4n) is 2.20. The van der Waals surface area contributed by atoms with E-state index in [1.807, 2.05) is 6.92 Å². The van der Waals surface area contributed by atoms with E-state index < -0.39 is 6.29 Å². The second kappa shape index (κ2) is 6.51. The summed E-state index contributed by atoms with van der Waals surface area (Å²) in [6.45, 7) is 2.04. The standard InChI is InChI=1S/C11H22O5/c1-6-7-8(12-2)9(13-3)10(14-4)11(15-5)16-7/h7-11H,6H2,1-5H3/t7?,8-,9-,10?,11-/m0/s1. The van der Waals surface area contributed by atoms with E-state index in [9.17, 15) is 0 Å². The molecule has 0 radical (unpaired) electrons. The van der Waals surface area contributed by atoms with Crippen molar-refractivity contribution >= 4 is 0 Å². The molecule has 1 saturated heterocycles. The summed E-state index contributed by atoms with van der Waals surface area (Å²) in [5.74, 6) is 0. The first-order chi connectivity index (χ1) is 7.73. The van der Waals surface area contributed by atoms with Gasteiger partial charge in [-0.25, -0.2) is 0 Å². The van der Waals surface area contributed by atoms with E-state index in [4.69, 9.17) is 23.7 Å². The molecule has 5 atom stereocenters. The Balaban J connectivity index is 2.85. The molecular formula is C11H22O5. The Bertz CT molecular complexity index is 181. The molecule has 2 unspecified atom stereocenters. The van der Waals surface area contributed by atoms with Gasteiger partial charge >= 0.3 is 0 Å². The lowest BCUT2D eigenvalue weighted by molar-refractivity contribution is -0.302. The lowest BCUT2D eigenvalue weighted by Crippen LogP contribution is -2.59. The second-order valence-corrected chi connectivity index (χ2v) is 3.79.